The normalized spacial score (nSPS) is 10.0. The summed E-state index contributed by atoms with van der Waals surface area (Å²) in [6, 6.07) is 5.13. The van der Waals surface area contributed by atoms with E-state index < -0.39 is 4.92 Å². The maximum absolute atomic E-state index is 10.7. The molecule has 0 spiro atoms. The van der Waals surface area contributed by atoms with Crippen molar-refractivity contribution < 1.29 is 4.92 Å². The van der Waals surface area contributed by atoms with E-state index in [2.05, 4.69) is 15.9 Å². The summed E-state index contributed by atoms with van der Waals surface area (Å²) < 4.78 is 0.503. The van der Waals surface area contributed by atoms with E-state index in [4.69, 9.17) is 5.73 Å². The Morgan fingerprint density at radius 3 is 2.77 bits per heavy atom. The number of nitro benzene ring substituents is 1. The molecule has 0 heterocycles. The Bertz CT molecular complexity index is 328. The zero-order valence-corrected chi connectivity index (χ0v) is 8.45. The largest absolute Gasteiger partial charge is 0.330 e. The molecule has 2 N–H and O–H groups in total. The van der Waals surface area contributed by atoms with Crippen LogP contribution in [0, 0.1) is 10.1 Å². The number of hydrogen-bond acceptors (Lipinski definition) is 3. The predicted octanol–water partition coefficient (Wildman–Crippen LogP) is 1.86. The van der Waals surface area contributed by atoms with Gasteiger partial charge in [-0.15, -0.1) is 0 Å². The van der Waals surface area contributed by atoms with E-state index in [1.54, 1.807) is 18.2 Å². The molecule has 0 aromatic heterocycles. The molecular weight excluding hydrogens is 236 g/mol. The highest BCUT2D eigenvalue weighted by atomic mass is 79.9. The van der Waals surface area contributed by atoms with Crippen molar-refractivity contribution in [3.63, 3.8) is 0 Å². The molecule has 5 heteroatoms. The minimum absolute atomic E-state index is 0.118. The van der Waals surface area contributed by atoms with E-state index in [9.17, 15) is 10.1 Å². The van der Waals surface area contributed by atoms with Crippen molar-refractivity contribution in [1.29, 1.82) is 0 Å². The van der Waals surface area contributed by atoms with Crippen LogP contribution in [0.2, 0.25) is 0 Å². The van der Waals surface area contributed by atoms with Crippen molar-refractivity contribution in [1.82, 2.24) is 0 Å². The van der Waals surface area contributed by atoms with E-state index in [0.717, 1.165) is 0 Å². The monoisotopic (exact) mass is 244 g/mol. The number of hydrogen-bond donors (Lipinski definition) is 1. The van der Waals surface area contributed by atoms with Gasteiger partial charge < -0.3 is 5.73 Å². The first-order valence-electron chi connectivity index (χ1n) is 3.78. The third-order valence-electron chi connectivity index (χ3n) is 1.67. The molecule has 0 aliphatic rings. The van der Waals surface area contributed by atoms with E-state index >= 15 is 0 Å². The van der Waals surface area contributed by atoms with Gasteiger partial charge in [0.2, 0.25) is 0 Å². The summed E-state index contributed by atoms with van der Waals surface area (Å²) in [5.74, 6) is 0. The molecule has 0 saturated heterocycles. The van der Waals surface area contributed by atoms with Crippen LogP contribution in [-0.2, 0) is 6.42 Å². The Kier molecular flexibility index (Phi) is 3.39. The van der Waals surface area contributed by atoms with Crippen molar-refractivity contribution in [3.05, 3.63) is 38.3 Å². The molecule has 0 fully saturated rings. The average Bonchev–Trinajstić information content (AvgIpc) is 2.04. The number of nitrogens with zero attached hydrogens (tertiary/aromatic N) is 1. The second-order valence-electron chi connectivity index (χ2n) is 2.54. The summed E-state index contributed by atoms with van der Waals surface area (Å²) in [6.07, 6.45) is 0.524. The number of nitrogens with two attached hydrogens (primary N) is 1. The fourth-order valence-corrected chi connectivity index (χ4v) is 1.67. The van der Waals surface area contributed by atoms with Gasteiger partial charge in [0.25, 0.3) is 5.69 Å². The van der Waals surface area contributed by atoms with Crippen LogP contribution in [0.5, 0.6) is 0 Å². The van der Waals surface area contributed by atoms with Crippen LogP contribution >= 0.6 is 15.9 Å². The molecule has 0 aliphatic carbocycles. The number of halogens is 1. The van der Waals surface area contributed by atoms with Crippen LogP contribution in [0.3, 0.4) is 0 Å². The number of benzene rings is 1. The summed E-state index contributed by atoms with van der Waals surface area (Å²) in [5.41, 5.74) is 6.13. The SMILES string of the molecule is NCCc1cccc(Br)c1[N+](=O)[O-]. The summed E-state index contributed by atoms with van der Waals surface area (Å²) in [5, 5.41) is 10.7. The molecule has 0 atom stereocenters. The van der Waals surface area contributed by atoms with Gasteiger partial charge >= 0.3 is 0 Å². The van der Waals surface area contributed by atoms with E-state index in [1.165, 1.54) is 0 Å². The second-order valence-corrected chi connectivity index (χ2v) is 3.40. The molecule has 13 heavy (non-hydrogen) atoms. The van der Waals surface area contributed by atoms with Gasteiger partial charge in [-0.05, 0) is 35.0 Å². The lowest BCUT2D eigenvalue weighted by molar-refractivity contribution is -0.386. The van der Waals surface area contributed by atoms with Gasteiger partial charge in [-0.25, -0.2) is 0 Å². The lowest BCUT2D eigenvalue weighted by Crippen LogP contribution is -2.05. The van der Waals surface area contributed by atoms with Gasteiger partial charge in [-0.1, -0.05) is 12.1 Å². The Hall–Kier alpha value is -0.940. The maximum atomic E-state index is 10.7. The maximum Gasteiger partial charge on any atom is 0.286 e. The van der Waals surface area contributed by atoms with Crippen molar-refractivity contribution in [2.75, 3.05) is 6.54 Å². The van der Waals surface area contributed by atoms with Crippen molar-refractivity contribution in [3.8, 4) is 0 Å². The van der Waals surface area contributed by atoms with Crippen LogP contribution in [0.1, 0.15) is 5.56 Å². The summed E-state index contributed by atoms with van der Waals surface area (Å²) >= 11 is 3.14. The van der Waals surface area contributed by atoms with Crippen LogP contribution in [0.25, 0.3) is 0 Å². The average molecular weight is 245 g/mol. The van der Waals surface area contributed by atoms with E-state index in [1.807, 2.05) is 0 Å². The smallest absolute Gasteiger partial charge is 0.286 e. The third-order valence-corrected chi connectivity index (χ3v) is 2.31. The fraction of sp³-hybridized carbons (Fsp3) is 0.250. The molecular formula is C8H9BrN2O2. The van der Waals surface area contributed by atoms with E-state index in [-0.39, 0.29) is 5.69 Å². The zero-order valence-electron chi connectivity index (χ0n) is 6.87. The van der Waals surface area contributed by atoms with Gasteiger partial charge in [0.1, 0.15) is 0 Å². The highest BCUT2D eigenvalue weighted by molar-refractivity contribution is 9.10. The number of rotatable bonds is 3. The Labute approximate surface area is 84.0 Å². The summed E-state index contributed by atoms with van der Waals surface area (Å²) in [6.45, 7) is 0.414. The fourth-order valence-electron chi connectivity index (χ4n) is 1.12. The number of para-hydroxylation sites is 1. The quantitative estimate of drug-likeness (QED) is 0.652. The van der Waals surface area contributed by atoms with Gasteiger partial charge in [-0.2, -0.15) is 0 Å². The van der Waals surface area contributed by atoms with Crippen LogP contribution in [-0.4, -0.2) is 11.5 Å². The van der Waals surface area contributed by atoms with Crippen LogP contribution in [0.15, 0.2) is 22.7 Å². The molecule has 1 aromatic rings. The first-order chi connectivity index (χ1) is 6.16. The van der Waals surface area contributed by atoms with Crippen molar-refractivity contribution in [2.45, 2.75) is 6.42 Å². The first kappa shape index (κ1) is 10.1. The highest BCUT2D eigenvalue weighted by Crippen LogP contribution is 2.28. The Morgan fingerprint density at radius 2 is 2.23 bits per heavy atom. The molecule has 0 unspecified atom stereocenters. The van der Waals surface area contributed by atoms with Crippen molar-refractivity contribution in [2.24, 2.45) is 5.73 Å². The van der Waals surface area contributed by atoms with E-state index in [0.29, 0.717) is 23.0 Å². The van der Waals surface area contributed by atoms with Gasteiger partial charge in [0.05, 0.1) is 9.40 Å². The Morgan fingerprint density at radius 1 is 1.54 bits per heavy atom. The standard InChI is InChI=1S/C8H9BrN2O2/c9-7-3-1-2-6(4-5-10)8(7)11(12)13/h1-3H,4-5,10H2. The topological polar surface area (TPSA) is 69.2 Å². The molecule has 0 aliphatic heterocycles. The molecule has 0 amide bonds. The Balaban J connectivity index is 3.17. The third kappa shape index (κ3) is 2.26. The zero-order chi connectivity index (χ0) is 9.84. The lowest BCUT2D eigenvalue weighted by atomic mass is 10.1. The molecule has 1 aromatic carbocycles. The van der Waals surface area contributed by atoms with Crippen LogP contribution < -0.4 is 5.73 Å². The predicted molar refractivity (Wildman–Crippen MR) is 53.6 cm³/mol. The summed E-state index contributed by atoms with van der Waals surface area (Å²) in [7, 11) is 0. The molecule has 0 radical (unpaired) electrons. The van der Waals surface area contributed by atoms with Crippen molar-refractivity contribution >= 4 is 21.6 Å². The number of nitro groups is 1. The van der Waals surface area contributed by atoms with Gasteiger partial charge in [0.15, 0.2) is 0 Å². The van der Waals surface area contributed by atoms with Gasteiger partial charge in [-0.3, -0.25) is 10.1 Å². The first-order valence-corrected chi connectivity index (χ1v) is 4.58. The summed E-state index contributed by atoms with van der Waals surface area (Å²) in [4.78, 5) is 10.3. The van der Waals surface area contributed by atoms with Crippen LogP contribution in [0.4, 0.5) is 5.69 Å². The molecule has 0 saturated carbocycles. The minimum atomic E-state index is -0.394. The lowest BCUT2D eigenvalue weighted by Gasteiger charge is -2.01. The molecule has 70 valence electrons. The molecule has 4 nitrogen and oxygen atoms in total. The molecule has 1 rings (SSSR count). The minimum Gasteiger partial charge on any atom is -0.330 e. The van der Waals surface area contributed by atoms with Gasteiger partial charge in [0, 0.05) is 5.56 Å². The second kappa shape index (κ2) is 4.34. The highest BCUT2D eigenvalue weighted by Gasteiger charge is 2.16. The molecule has 0 bridgehead atoms.